The van der Waals surface area contributed by atoms with Crippen LogP contribution in [0.4, 0.5) is 34.1 Å². The molecule has 0 spiro atoms. The van der Waals surface area contributed by atoms with Gasteiger partial charge in [-0.05, 0) is 236 Å². The van der Waals surface area contributed by atoms with Gasteiger partial charge in [0.25, 0.3) is 0 Å². The van der Waals surface area contributed by atoms with Gasteiger partial charge >= 0.3 is 0 Å². The standard InChI is InChI=1S/C95H80N2O2/c1-5-67-38-53-79(54-39-67)98-62-24-22-60-94(71-28-12-8-13-29-71)88-36-20-17-33-82(88)85-58-51-77(65-91(85)94)97(78-52-59-86-83-34-18-21-37-89(83)95(92(86)66-78,72-30-14-9-15-31-72)61-23-25-63-99-80-55-40-68(6-2)41-56-80)75-48-46-74(47-49-75)96(73-44-42-70(43-45-73)69-26-10-7-11-27-69)76-50-57-84-81-32-16-19-35-87(81)93(3,4)90(84)64-76/h5-21,26-59,64-66H,1-2,22-25,60-63H2,3-4H3. The minimum absolute atomic E-state index is 0.180. The molecule has 3 aliphatic rings. The van der Waals surface area contributed by atoms with E-state index >= 15 is 0 Å². The number of hydrogen-bond acceptors (Lipinski definition) is 4. The van der Waals surface area contributed by atoms with E-state index in [9.17, 15) is 0 Å². The molecule has 0 aromatic heterocycles. The summed E-state index contributed by atoms with van der Waals surface area (Å²) in [6.45, 7) is 13.9. The largest absolute Gasteiger partial charge is 0.494 e. The summed E-state index contributed by atoms with van der Waals surface area (Å²) in [5, 5.41) is 0. The van der Waals surface area contributed by atoms with Gasteiger partial charge in [0, 0.05) is 50.4 Å². The molecule has 0 fully saturated rings. The fourth-order valence-corrected chi connectivity index (χ4v) is 16.6. The van der Waals surface area contributed by atoms with E-state index in [4.69, 9.17) is 9.47 Å². The van der Waals surface area contributed by atoms with Crippen LogP contribution in [0.3, 0.4) is 0 Å². The van der Waals surface area contributed by atoms with E-state index in [-0.39, 0.29) is 5.41 Å². The molecule has 2 atom stereocenters. The fourth-order valence-electron chi connectivity index (χ4n) is 16.6. The smallest absolute Gasteiger partial charge is 0.119 e. The topological polar surface area (TPSA) is 24.9 Å². The van der Waals surface area contributed by atoms with Crippen molar-refractivity contribution in [3.8, 4) is 56.0 Å². The van der Waals surface area contributed by atoms with Crippen molar-refractivity contribution in [1.29, 1.82) is 0 Å². The van der Waals surface area contributed by atoms with Crippen molar-refractivity contribution in [3.05, 3.63) is 384 Å². The van der Waals surface area contributed by atoms with E-state index in [0.29, 0.717) is 13.2 Å². The first-order valence-electron chi connectivity index (χ1n) is 35.1. The van der Waals surface area contributed by atoms with Crippen molar-refractivity contribution in [2.24, 2.45) is 0 Å². The van der Waals surface area contributed by atoms with E-state index in [1.165, 1.54) is 89.0 Å². The molecule has 13 aromatic rings. The molecule has 4 heteroatoms. The second-order valence-corrected chi connectivity index (χ2v) is 27.3. The van der Waals surface area contributed by atoms with Crippen LogP contribution in [-0.4, -0.2) is 13.2 Å². The summed E-state index contributed by atoms with van der Waals surface area (Å²) in [5.41, 5.74) is 28.3. The molecule has 0 heterocycles. The molecule has 16 rings (SSSR count). The van der Waals surface area contributed by atoms with Crippen LogP contribution in [0.2, 0.25) is 0 Å². The Morgan fingerprint density at radius 2 is 0.616 bits per heavy atom. The Balaban J connectivity index is 0.842. The molecule has 0 N–H and O–H groups in total. The summed E-state index contributed by atoms with van der Waals surface area (Å²) in [5.74, 6) is 1.76. The summed E-state index contributed by atoms with van der Waals surface area (Å²) in [6, 6.07) is 117. The Morgan fingerprint density at radius 3 is 1.05 bits per heavy atom. The van der Waals surface area contributed by atoms with Crippen molar-refractivity contribution in [2.75, 3.05) is 23.0 Å². The number of ether oxygens (including phenoxy) is 2. The molecule has 0 amide bonds. The van der Waals surface area contributed by atoms with E-state index in [0.717, 1.165) is 95.3 Å². The van der Waals surface area contributed by atoms with Crippen molar-refractivity contribution < 1.29 is 9.47 Å². The zero-order valence-corrected chi connectivity index (χ0v) is 56.5. The van der Waals surface area contributed by atoms with E-state index < -0.39 is 10.8 Å². The Kier molecular flexibility index (Phi) is 16.7. The molecule has 4 nitrogen and oxygen atoms in total. The molecule has 0 bridgehead atoms. The fraction of sp³-hybridized carbons (Fsp3) is 0.137. The molecule has 0 radical (unpaired) electrons. The van der Waals surface area contributed by atoms with Gasteiger partial charge in [-0.1, -0.05) is 258 Å². The second kappa shape index (κ2) is 26.5. The van der Waals surface area contributed by atoms with Crippen molar-refractivity contribution >= 4 is 46.3 Å². The van der Waals surface area contributed by atoms with Crippen LogP contribution < -0.4 is 19.3 Å². The monoisotopic (exact) mass is 1280 g/mol. The third-order valence-corrected chi connectivity index (χ3v) is 21.4. The predicted molar refractivity (Wildman–Crippen MR) is 414 cm³/mol. The average Bonchev–Trinajstić information content (AvgIpc) is 1.57. The number of fused-ring (bicyclic) bond motifs is 9. The van der Waals surface area contributed by atoms with Crippen molar-refractivity contribution in [2.45, 2.75) is 68.6 Å². The van der Waals surface area contributed by atoms with Gasteiger partial charge in [0.2, 0.25) is 0 Å². The second-order valence-electron chi connectivity index (χ2n) is 27.3. The normalized spacial score (nSPS) is 15.5. The SMILES string of the molecule is C=Cc1ccc(OCCCCC2(c3ccccc3)c3ccccc3-c3ccc(N(c4ccc(N(c5ccc(-c6ccccc6)cc5)c5ccc6c(c5)C(C)(C)c5ccccc5-6)cc4)c4ccc5c(c4)C(CCCCOc4ccc(C=C)cc4)(c4ccccc4)c4ccccc4-5)cc32)cc1. The molecule has 482 valence electrons. The maximum Gasteiger partial charge on any atom is 0.119 e. The lowest BCUT2D eigenvalue weighted by Gasteiger charge is -2.35. The van der Waals surface area contributed by atoms with Crippen LogP contribution in [0.5, 0.6) is 11.5 Å². The molecule has 3 aliphatic carbocycles. The molecule has 0 saturated carbocycles. The van der Waals surface area contributed by atoms with Crippen LogP contribution in [-0.2, 0) is 16.2 Å². The highest BCUT2D eigenvalue weighted by molar-refractivity contribution is 5.92. The van der Waals surface area contributed by atoms with Crippen molar-refractivity contribution in [1.82, 2.24) is 0 Å². The summed E-state index contributed by atoms with van der Waals surface area (Å²) in [4.78, 5) is 4.98. The van der Waals surface area contributed by atoms with E-state index in [1.807, 2.05) is 36.4 Å². The lowest BCUT2D eigenvalue weighted by molar-refractivity contribution is 0.301. The van der Waals surface area contributed by atoms with Gasteiger partial charge in [0.1, 0.15) is 11.5 Å². The van der Waals surface area contributed by atoms with Gasteiger partial charge in [-0.2, -0.15) is 0 Å². The van der Waals surface area contributed by atoms with Crippen LogP contribution in [0.1, 0.15) is 108 Å². The molecule has 0 aliphatic heterocycles. The van der Waals surface area contributed by atoms with Crippen LogP contribution >= 0.6 is 0 Å². The maximum absolute atomic E-state index is 6.43. The molecule has 0 saturated heterocycles. The van der Waals surface area contributed by atoms with E-state index in [1.54, 1.807) is 0 Å². The minimum Gasteiger partial charge on any atom is -0.494 e. The first-order valence-corrected chi connectivity index (χ1v) is 35.1. The summed E-state index contributed by atoms with van der Waals surface area (Å²) in [6.07, 6.45) is 9.23. The van der Waals surface area contributed by atoms with Gasteiger partial charge in [0.15, 0.2) is 0 Å². The molecule has 99 heavy (non-hydrogen) atoms. The lowest BCUT2D eigenvalue weighted by atomic mass is 9.69. The van der Waals surface area contributed by atoms with Gasteiger partial charge in [-0.3, -0.25) is 0 Å². The highest BCUT2D eigenvalue weighted by atomic mass is 16.5. The highest BCUT2D eigenvalue weighted by Gasteiger charge is 2.47. The third-order valence-electron chi connectivity index (χ3n) is 21.4. The van der Waals surface area contributed by atoms with Gasteiger partial charge in [-0.25, -0.2) is 0 Å². The number of rotatable bonds is 23. The molecule has 2 unspecified atom stereocenters. The zero-order valence-electron chi connectivity index (χ0n) is 56.5. The molecule has 13 aromatic carbocycles. The van der Waals surface area contributed by atoms with Gasteiger partial charge < -0.3 is 19.3 Å². The highest BCUT2D eigenvalue weighted by Crippen LogP contribution is 2.59. The number of unbranched alkanes of at least 4 members (excludes halogenated alkanes) is 2. The zero-order chi connectivity index (χ0) is 66.9. The molecular formula is C95H80N2O2. The molecular weight excluding hydrogens is 1200 g/mol. The predicted octanol–water partition coefficient (Wildman–Crippen LogP) is 25.0. The maximum atomic E-state index is 6.43. The minimum atomic E-state index is -0.451. The average molecular weight is 1280 g/mol. The first-order chi connectivity index (χ1) is 48.7. The Hall–Kier alpha value is -11.5. The first kappa shape index (κ1) is 62.4. The summed E-state index contributed by atoms with van der Waals surface area (Å²) in [7, 11) is 0. The number of nitrogens with zero attached hydrogens (tertiary/aromatic N) is 2. The van der Waals surface area contributed by atoms with E-state index in [2.05, 4.69) is 328 Å². The van der Waals surface area contributed by atoms with Gasteiger partial charge in [0.05, 0.1) is 13.2 Å². The lowest BCUT2D eigenvalue weighted by Crippen LogP contribution is -2.28. The number of anilines is 6. The third kappa shape index (κ3) is 11.2. The Morgan fingerprint density at radius 1 is 0.293 bits per heavy atom. The quantitative estimate of drug-likeness (QED) is 0.0596. The van der Waals surface area contributed by atoms with Crippen LogP contribution in [0.25, 0.3) is 56.7 Å². The summed E-state index contributed by atoms with van der Waals surface area (Å²) < 4.78 is 12.9. The number of hydrogen-bond donors (Lipinski definition) is 0. The Bertz CT molecular complexity index is 4870. The Labute approximate surface area is 584 Å². The van der Waals surface area contributed by atoms with Crippen molar-refractivity contribution in [3.63, 3.8) is 0 Å². The van der Waals surface area contributed by atoms with Crippen LogP contribution in [0, 0.1) is 0 Å². The summed E-state index contributed by atoms with van der Waals surface area (Å²) >= 11 is 0. The van der Waals surface area contributed by atoms with Gasteiger partial charge in [-0.15, -0.1) is 0 Å². The van der Waals surface area contributed by atoms with Crippen LogP contribution in [0.15, 0.2) is 329 Å². The number of benzene rings is 13.